The number of Topliss-reactive ketones (excluding diaryl/α,β-unsaturated/α-hetero) is 1. The third-order valence-electron chi connectivity index (χ3n) is 3.63. The standard InChI is InChI=1S/C14H15NO/c1-8-4-3-5-12-13(8)11(7-15-12)14(16)10-6-9(10)2/h3-5,7,9-10,15H,6H2,1-2H3. The van der Waals surface area contributed by atoms with E-state index in [4.69, 9.17) is 0 Å². The van der Waals surface area contributed by atoms with E-state index >= 15 is 0 Å². The smallest absolute Gasteiger partial charge is 0.168 e. The van der Waals surface area contributed by atoms with Crippen LogP contribution in [0.3, 0.4) is 0 Å². The van der Waals surface area contributed by atoms with Crippen LogP contribution in [0.5, 0.6) is 0 Å². The summed E-state index contributed by atoms with van der Waals surface area (Å²) < 4.78 is 0. The number of hydrogen-bond acceptors (Lipinski definition) is 1. The van der Waals surface area contributed by atoms with Crippen molar-refractivity contribution in [2.75, 3.05) is 0 Å². The van der Waals surface area contributed by atoms with Crippen LogP contribution in [-0.2, 0) is 0 Å². The van der Waals surface area contributed by atoms with Crippen molar-refractivity contribution in [3.63, 3.8) is 0 Å². The number of benzene rings is 1. The summed E-state index contributed by atoms with van der Waals surface area (Å²) in [6, 6.07) is 6.10. The molecule has 2 aromatic rings. The lowest BCUT2D eigenvalue weighted by molar-refractivity contribution is 0.0964. The maximum Gasteiger partial charge on any atom is 0.168 e. The van der Waals surface area contributed by atoms with Crippen LogP contribution in [0.25, 0.3) is 10.9 Å². The zero-order valence-corrected chi connectivity index (χ0v) is 9.58. The molecule has 0 radical (unpaired) electrons. The van der Waals surface area contributed by atoms with Crippen LogP contribution in [0.4, 0.5) is 0 Å². The number of H-pyrrole nitrogens is 1. The van der Waals surface area contributed by atoms with Gasteiger partial charge in [0, 0.05) is 28.6 Å². The predicted molar refractivity (Wildman–Crippen MR) is 64.6 cm³/mol. The van der Waals surface area contributed by atoms with E-state index in [9.17, 15) is 4.79 Å². The van der Waals surface area contributed by atoms with Gasteiger partial charge in [-0.1, -0.05) is 19.1 Å². The molecule has 1 aliphatic rings. The molecule has 0 aliphatic heterocycles. The third-order valence-corrected chi connectivity index (χ3v) is 3.63. The van der Waals surface area contributed by atoms with Crippen molar-refractivity contribution >= 4 is 16.7 Å². The van der Waals surface area contributed by atoms with E-state index in [1.54, 1.807) is 0 Å². The van der Waals surface area contributed by atoms with Gasteiger partial charge in [-0.2, -0.15) is 0 Å². The van der Waals surface area contributed by atoms with Crippen LogP contribution in [0, 0.1) is 18.8 Å². The predicted octanol–water partition coefficient (Wildman–Crippen LogP) is 3.32. The van der Waals surface area contributed by atoms with Crippen LogP contribution >= 0.6 is 0 Å². The minimum Gasteiger partial charge on any atom is -0.360 e. The molecule has 16 heavy (non-hydrogen) atoms. The summed E-state index contributed by atoms with van der Waals surface area (Å²) in [5.41, 5.74) is 3.12. The van der Waals surface area contributed by atoms with Crippen molar-refractivity contribution in [3.8, 4) is 0 Å². The Morgan fingerprint density at radius 1 is 1.44 bits per heavy atom. The molecule has 82 valence electrons. The maximum absolute atomic E-state index is 12.2. The quantitative estimate of drug-likeness (QED) is 0.763. The molecule has 1 fully saturated rings. The van der Waals surface area contributed by atoms with Crippen molar-refractivity contribution in [2.24, 2.45) is 11.8 Å². The SMILES string of the molecule is Cc1cccc2[nH]cc(C(=O)C3CC3C)c12. The summed E-state index contributed by atoms with van der Waals surface area (Å²) in [6.45, 7) is 4.20. The molecule has 1 aliphatic carbocycles. The van der Waals surface area contributed by atoms with Gasteiger partial charge in [0.15, 0.2) is 5.78 Å². The molecule has 2 nitrogen and oxygen atoms in total. The first kappa shape index (κ1) is 9.64. The van der Waals surface area contributed by atoms with Crippen LogP contribution in [0.2, 0.25) is 0 Å². The molecular weight excluding hydrogens is 198 g/mol. The molecule has 2 unspecified atom stereocenters. The average Bonchev–Trinajstić information content (AvgIpc) is 2.83. The van der Waals surface area contributed by atoms with Gasteiger partial charge in [0.05, 0.1) is 0 Å². The molecule has 2 heteroatoms. The molecule has 1 heterocycles. The molecular formula is C14H15NO. The fourth-order valence-corrected chi connectivity index (χ4v) is 2.45. The van der Waals surface area contributed by atoms with E-state index in [1.807, 2.05) is 18.3 Å². The number of aromatic nitrogens is 1. The van der Waals surface area contributed by atoms with Gasteiger partial charge in [-0.3, -0.25) is 4.79 Å². The highest BCUT2D eigenvalue weighted by Crippen LogP contribution is 2.41. The van der Waals surface area contributed by atoms with Crippen LogP contribution in [-0.4, -0.2) is 10.8 Å². The van der Waals surface area contributed by atoms with Crippen LogP contribution < -0.4 is 0 Å². The summed E-state index contributed by atoms with van der Waals surface area (Å²) in [4.78, 5) is 15.4. The number of ketones is 1. The summed E-state index contributed by atoms with van der Waals surface area (Å²) in [5.74, 6) is 1.15. The van der Waals surface area contributed by atoms with E-state index in [0.717, 1.165) is 22.9 Å². The minimum atomic E-state index is 0.263. The number of nitrogens with one attached hydrogen (secondary N) is 1. The number of hydrogen-bond donors (Lipinski definition) is 1. The second-order valence-electron chi connectivity index (χ2n) is 4.88. The van der Waals surface area contributed by atoms with Gasteiger partial charge in [-0.05, 0) is 30.9 Å². The summed E-state index contributed by atoms with van der Waals surface area (Å²) in [6.07, 6.45) is 2.92. The topological polar surface area (TPSA) is 32.9 Å². The van der Waals surface area contributed by atoms with Crippen LogP contribution in [0.15, 0.2) is 24.4 Å². The molecule has 1 aromatic carbocycles. The van der Waals surface area contributed by atoms with Gasteiger partial charge in [0.1, 0.15) is 0 Å². The van der Waals surface area contributed by atoms with E-state index in [1.165, 1.54) is 5.56 Å². The maximum atomic E-state index is 12.2. The Morgan fingerprint density at radius 2 is 2.19 bits per heavy atom. The Morgan fingerprint density at radius 3 is 2.88 bits per heavy atom. The zero-order valence-electron chi connectivity index (χ0n) is 9.58. The molecule has 0 amide bonds. The molecule has 1 saturated carbocycles. The van der Waals surface area contributed by atoms with E-state index < -0.39 is 0 Å². The first-order valence-corrected chi connectivity index (χ1v) is 5.79. The largest absolute Gasteiger partial charge is 0.360 e. The van der Waals surface area contributed by atoms with Gasteiger partial charge >= 0.3 is 0 Å². The Bertz CT molecular complexity index is 567. The van der Waals surface area contributed by atoms with Gasteiger partial charge in [-0.15, -0.1) is 0 Å². The van der Waals surface area contributed by atoms with Crippen molar-refractivity contribution in [1.82, 2.24) is 4.98 Å². The van der Waals surface area contributed by atoms with E-state index in [0.29, 0.717) is 11.7 Å². The molecule has 0 bridgehead atoms. The van der Waals surface area contributed by atoms with Gasteiger partial charge in [-0.25, -0.2) is 0 Å². The zero-order chi connectivity index (χ0) is 11.3. The van der Waals surface area contributed by atoms with E-state index in [-0.39, 0.29) is 5.92 Å². The van der Waals surface area contributed by atoms with E-state index in [2.05, 4.69) is 24.9 Å². The van der Waals surface area contributed by atoms with Crippen molar-refractivity contribution in [1.29, 1.82) is 0 Å². The Labute approximate surface area is 94.7 Å². The lowest BCUT2D eigenvalue weighted by atomic mass is 10.0. The fraction of sp³-hybridized carbons (Fsp3) is 0.357. The number of rotatable bonds is 2. The molecule has 3 rings (SSSR count). The monoisotopic (exact) mass is 213 g/mol. The molecule has 0 spiro atoms. The van der Waals surface area contributed by atoms with Crippen molar-refractivity contribution in [2.45, 2.75) is 20.3 Å². The molecule has 2 atom stereocenters. The second-order valence-corrected chi connectivity index (χ2v) is 4.88. The highest BCUT2D eigenvalue weighted by Gasteiger charge is 2.40. The lowest BCUT2D eigenvalue weighted by Gasteiger charge is -2.00. The summed E-state index contributed by atoms with van der Waals surface area (Å²) in [5, 5.41) is 1.10. The number of aromatic amines is 1. The average molecular weight is 213 g/mol. The van der Waals surface area contributed by atoms with Crippen LogP contribution in [0.1, 0.15) is 29.3 Å². The third kappa shape index (κ3) is 1.29. The number of carbonyl (C=O) groups is 1. The van der Waals surface area contributed by atoms with Crippen molar-refractivity contribution in [3.05, 3.63) is 35.5 Å². The molecule has 1 aromatic heterocycles. The number of carbonyl (C=O) groups excluding carboxylic acids is 1. The Kier molecular flexibility index (Phi) is 1.93. The number of fused-ring (bicyclic) bond motifs is 1. The summed E-state index contributed by atoms with van der Waals surface area (Å²) in [7, 11) is 0. The van der Waals surface area contributed by atoms with Gasteiger partial charge < -0.3 is 4.98 Å². The van der Waals surface area contributed by atoms with Gasteiger partial charge in [0.2, 0.25) is 0 Å². The Hall–Kier alpha value is -1.57. The molecule has 1 N–H and O–H groups in total. The normalized spacial score (nSPS) is 23.6. The van der Waals surface area contributed by atoms with Gasteiger partial charge in [0.25, 0.3) is 0 Å². The summed E-state index contributed by atoms with van der Waals surface area (Å²) >= 11 is 0. The van der Waals surface area contributed by atoms with Crippen molar-refractivity contribution < 1.29 is 4.79 Å². The molecule has 0 saturated heterocycles. The minimum absolute atomic E-state index is 0.263. The Balaban J connectivity index is 2.13. The second kappa shape index (κ2) is 3.21. The number of aryl methyl sites for hydroxylation is 1. The highest BCUT2D eigenvalue weighted by molar-refractivity contribution is 6.10. The highest BCUT2D eigenvalue weighted by atomic mass is 16.1. The first-order valence-electron chi connectivity index (χ1n) is 5.79. The fourth-order valence-electron chi connectivity index (χ4n) is 2.45. The lowest BCUT2D eigenvalue weighted by Crippen LogP contribution is -2.02. The first-order chi connectivity index (χ1) is 7.68.